The number of nitrogens with one attached hydrogen (secondary N) is 2. The zero-order chi connectivity index (χ0) is 19.7. The maximum absolute atomic E-state index is 11.8. The molecular weight excluding hydrogens is 376 g/mol. The van der Waals surface area contributed by atoms with E-state index in [0.717, 1.165) is 49.9 Å². The minimum absolute atomic E-state index is 0.280. The Bertz CT molecular complexity index is 1170. The van der Waals surface area contributed by atoms with E-state index in [9.17, 15) is 9.59 Å². The molecule has 3 aromatic rings. The van der Waals surface area contributed by atoms with Gasteiger partial charge in [0.05, 0.1) is 17.0 Å². The third kappa shape index (κ3) is 3.42. The molecule has 1 aromatic carbocycles. The zero-order valence-corrected chi connectivity index (χ0v) is 15.9. The highest BCUT2D eigenvalue weighted by atomic mass is 32.1. The molecule has 2 aromatic heterocycles. The number of benzene rings is 1. The van der Waals surface area contributed by atoms with Gasteiger partial charge in [-0.05, 0) is 61.1 Å². The van der Waals surface area contributed by atoms with Crippen LogP contribution in [0.2, 0.25) is 0 Å². The molecule has 7 nitrogen and oxygen atoms in total. The number of nitriles is 1. The topological polar surface area (TPSA) is 119 Å². The number of aromatic carboxylic acids is 1. The molecule has 8 heteroatoms. The van der Waals surface area contributed by atoms with E-state index in [1.807, 2.05) is 12.1 Å². The molecule has 0 radical (unpaired) electrons. The van der Waals surface area contributed by atoms with Gasteiger partial charge in [-0.2, -0.15) is 5.26 Å². The molecule has 0 atom stereocenters. The smallest absolute Gasteiger partial charge is 0.372 e. The van der Waals surface area contributed by atoms with Crippen molar-refractivity contribution >= 4 is 27.5 Å². The summed E-state index contributed by atoms with van der Waals surface area (Å²) < 4.78 is 0. The van der Waals surface area contributed by atoms with Gasteiger partial charge < -0.3 is 15.4 Å². The van der Waals surface area contributed by atoms with Crippen molar-refractivity contribution in [3.05, 3.63) is 61.5 Å². The first-order valence-electron chi connectivity index (χ1n) is 9.07. The number of nitrogens with zero attached hydrogens (tertiary/aromatic N) is 2. The first kappa shape index (κ1) is 18.3. The minimum Gasteiger partial charge on any atom is -0.475 e. The van der Waals surface area contributed by atoms with E-state index >= 15 is 0 Å². The van der Waals surface area contributed by atoms with Crippen molar-refractivity contribution in [3.63, 3.8) is 0 Å². The van der Waals surface area contributed by atoms with Crippen molar-refractivity contribution in [2.24, 2.45) is 0 Å². The highest BCUT2D eigenvalue weighted by molar-refractivity contribution is 7.18. The molecular formula is C20H18N4O3S. The Morgan fingerprint density at radius 1 is 1.25 bits per heavy atom. The summed E-state index contributed by atoms with van der Waals surface area (Å²) in [5.74, 6) is -1.48. The summed E-state index contributed by atoms with van der Waals surface area (Å²) in [6.07, 6.45) is 4.02. The normalized spacial score (nSPS) is 14.5. The predicted octanol–water partition coefficient (Wildman–Crippen LogP) is 2.38. The Morgan fingerprint density at radius 2 is 2.11 bits per heavy atom. The molecule has 0 fully saturated rings. The molecule has 0 spiro atoms. The number of aromatic amines is 1. The van der Waals surface area contributed by atoms with Crippen LogP contribution in [0.3, 0.4) is 0 Å². The fourth-order valence-corrected chi connectivity index (χ4v) is 4.92. The number of hydrogen-bond donors (Lipinski definition) is 3. The number of carboxylic acid groups (broad SMARTS) is 1. The van der Waals surface area contributed by atoms with Crippen LogP contribution >= 0.6 is 11.3 Å². The lowest BCUT2D eigenvalue weighted by atomic mass is 9.99. The number of aromatic nitrogens is 2. The third-order valence-corrected chi connectivity index (χ3v) is 6.19. The Morgan fingerprint density at radius 3 is 2.89 bits per heavy atom. The summed E-state index contributed by atoms with van der Waals surface area (Å²) in [4.78, 5) is 30.5. The Balaban J connectivity index is 0.000000143. The van der Waals surface area contributed by atoms with E-state index in [-0.39, 0.29) is 11.4 Å². The second-order valence-electron chi connectivity index (χ2n) is 6.78. The average Bonchev–Trinajstić information content (AvgIpc) is 3.28. The molecule has 3 N–H and O–H groups in total. The number of H-pyrrole nitrogens is 1. The van der Waals surface area contributed by atoms with Crippen LogP contribution in [0.5, 0.6) is 0 Å². The van der Waals surface area contributed by atoms with Crippen molar-refractivity contribution in [3.8, 4) is 6.07 Å². The molecule has 28 heavy (non-hydrogen) atoms. The van der Waals surface area contributed by atoms with Gasteiger partial charge in [0, 0.05) is 11.4 Å². The van der Waals surface area contributed by atoms with E-state index in [1.165, 1.54) is 27.3 Å². The van der Waals surface area contributed by atoms with Crippen LogP contribution in [0, 0.1) is 11.3 Å². The molecule has 1 aliphatic heterocycles. The highest BCUT2D eigenvalue weighted by Crippen LogP contribution is 2.34. The summed E-state index contributed by atoms with van der Waals surface area (Å²) >= 11 is 1.44. The van der Waals surface area contributed by atoms with Crippen molar-refractivity contribution in [1.29, 1.82) is 5.26 Å². The summed E-state index contributed by atoms with van der Waals surface area (Å²) in [6.45, 7) is 1.96. The van der Waals surface area contributed by atoms with Gasteiger partial charge in [-0.15, -0.1) is 11.3 Å². The summed E-state index contributed by atoms with van der Waals surface area (Å²) in [5, 5.41) is 21.3. The number of thiophene rings is 1. The molecule has 2 aliphatic rings. The number of carbonyl (C=O) groups is 1. The number of hydrogen-bond acceptors (Lipinski definition) is 6. The van der Waals surface area contributed by atoms with Crippen LogP contribution in [0.25, 0.3) is 10.2 Å². The van der Waals surface area contributed by atoms with Crippen molar-refractivity contribution in [1.82, 2.24) is 15.3 Å². The van der Waals surface area contributed by atoms with Crippen LogP contribution in [0.4, 0.5) is 0 Å². The monoisotopic (exact) mass is 394 g/mol. The largest absolute Gasteiger partial charge is 0.475 e. The Labute approximate surface area is 164 Å². The number of aryl methyl sites for hydroxylation is 2. The van der Waals surface area contributed by atoms with E-state index in [0.29, 0.717) is 10.2 Å². The predicted molar refractivity (Wildman–Crippen MR) is 106 cm³/mol. The lowest BCUT2D eigenvalue weighted by Gasteiger charge is -2.16. The summed E-state index contributed by atoms with van der Waals surface area (Å²) in [7, 11) is 0. The number of carboxylic acids is 1. The lowest BCUT2D eigenvalue weighted by molar-refractivity contribution is 0.0683. The van der Waals surface area contributed by atoms with Crippen molar-refractivity contribution in [2.75, 3.05) is 6.54 Å². The average molecular weight is 394 g/mol. The standard InChI is InChI=1S/C10H8N2O3S.C10H10N2/c13-8-6-4-2-1-3-5(4)16-9(6)12-7(11-8)10(14)15;11-6-8-1-2-9-3-4-12-7-10(9)5-8/h1-3H2,(H,14,15)(H,11,12,13);1-2,5,12H,3-4,7H2. The highest BCUT2D eigenvalue weighted by Gasteiger charge is 2.22. The van der Waals surface area contributed by atoms with Crippen LogP contribution < -0.4 is 10.9 Å². The quantitative estimate of drug-likeness (QED) is 0.583. The molecule has 5 rings (SSSR count). The van der Waals surface area contributed by atoms with E-state index in [1.54, 1.807) is 0 Å². The van der Waals surface area contributed by atoms with Gasteiger partial charge in [0.2, 0.25) is 5.82 Å². The number of fused-ring (bicyclic) bond motifs is 4. The zero-order valence-electron chi connectivity index (χ0n) is 15.0. The van der Waals surface area contributed by atoms with Gasteiger partial charge in [0.15, 0.2) is 0 Å². The SMILES string of the molecule is N#Cc1ccc2c(c1)CNCC2.O=C(O)c1nc2sc3c(c2c(=O)[nH]1)CCC3. The maximum atomic E-state index is 11.8. The van der Waals surface area contributed by atoms with Gasteiger partial charge in [0.25, 0.3) is 5.56 Å². The van der Waals surface area contributed by atoms with Gasteiger partial charge in [-0.1, -0.05) is 6.07 Å². The summed E-state index contributed by atoms with van der Waals surface area (Å²) in [6, 6.07) is 8.08. The molecule has 0 bridgehead atoms. The van der Waals surface area contributed by atoms with Gasteiger partial charge >= 0.3 is 5.97 Å². The fourth-order valence-electron chi connectivity index (χ4n) is 3.65. The van der Waals surface area contributed by atoms with Gasteiger partial charge in [-0.25, -0.2) is 9.78 Å². The van der Waals surface area contributed by atoms with Gasteiger partial charge in [-0.3, -0.25) is 4.79 Å². The molecule has 0 unspecified atom stereocenters. The molecule has 1 aliphatic carbocycles. The Hall–Kier alpha value is -3.02. The summed E-state index contributed by atoms with van der Waals surface area (Å²) in [5.41, 5.74) is 4.15. The molecule has 142 valence electrons. The van der Waals surface area contributed by atoms with Crippen LogP contribution in [-0.2, 0) is 25.8 Å². The third-order valence-electron chi connectivity index (χ3n) is 5.00. The van der Waals surface area contributed by atoms with Crippen LogP contribution in [-0.4, -0.2) is 27.6 Å². The minimum atomic E-state index is -1.20. The molecule has 0 saturated carbocycles. The lowest BCUT2D eigenvalue weighted by Crippen LogP contribution is -2.23. The van der Waals surface area contributed by atoms with Gasteiger partial charge in [0.1, 0.15) is 4.83 Å². The number of rotatable bonds is 1. The van der Waals surface area contributed by atoms with Crippen molar-refractivity contribution < 1.29 is 9.90 Å². The van der Waals surface area contributed by atoms with E-state index in [2.05, 4.69) is 27.4 Å². The Kier molecular flexibility index (Phi) is 4.94. The van der Waals surface area contributed by atoms with Crippen molar-refractivity contribution in [2.45, 2.75) is 32.2 Å². The first-order valence-corrected chi connectivity index (χ1v) is 9.89. The molecule has 0 amide bonds. The van der Waals surface area contributed by atoms with Crippen LogP contribution in [0.1, 0.15) is 44.2 Å². The maximum Gasteiger partial charge on any atom is 0.372 e. The molecule has 0 saturated heterocycles. The second kappa shape index (κ2) is 7.54. The second-order valence-corrected chi connectivity index (χ2v) is 7.86. The van der Waals surface area contributed by atoms with E-state index < -0.39 is 5.97 Å². The fraction of sp³-hybridized carbons (Fsp3) is 0.300. The first-order chi connectivity index (χ1) is 13.6. The molecule has 3 heterocycles. The van der Waals surface area contributed by atoms with Crippen LogP contribution in [0.15, 0.2) is 23.0 Å². The van der Waals surface area contributed by atoms with E-state index in [4.69, 9.17) is 10.4 Å².